The average molecular weight is 240 g/mol. The highest BCUT2D eigenvalue weighted by molar-refractivity contribution is 5.97. The first-order valence-electron chi connectivity index (χ1n) is 5.45. The summed E-state index contributed by atoms with van der Waals surface area (Å²) in [7, 11) is 1.76. The second-order valence-electron chi connectivity index (χ2n) is 3.86. The van der Waals surface area contributed by atoms with Crippen molar-refractivity contribution in [1.82, 2.24) is 9.78 Å². The van der Waals surface area contributed by atoms with Crippen LogP contribution in [0, 0.1) is 11.3 Å². The van der Waals surface area contributed by atoms with E-state index in [1.165, 1.54) is 6.20 Å². The molecule has 0 aliphatic carbocycles. The van der Waals surface area contributed by atoms with Crippen molar-refractivity contribution in [1.29, 1.82) is 5.26 Å². The van der Waals surface area contributed by atoms with Gasteiger partial charge in [-0.05, 0) is 5.56 Å². The van der Waals surface area contributed by atoms with Crippen molar-refractivity contribution in [2.75, 3.05) is 5.32 Å². The van der Waals surface area contributed by atoms with Crippen LogP contribution < -0.4 is 5.32 Å². The van der Waals surface area contributed by atoms with Crippen LogP contribution in [0.5, 0.6) is 0 Å². The van der Waals surface area contributed by atoms with E-state index in [1.807, 2.05) is 12.1 Å². The molecule has 5 nitrogen and oxygen atoms in total. The van der Waals surface area contributed by atoms with E-state index >= 15 is 0 Å². The van der Waals surface area contributed by atoms with E-state index in [9.17, 15) is 4.79 Å². The zero-order chi connectivity index (χ0) is 13.0. The van der Waals surface area contributed by atoms with Gasteiger partial charge in [0.15, 0.2) is 5.92 Å². The molecular formula is C13H12N4O. The van der Waals surface area contributed by atoms with E-state index in [4.69, 9.17) is 5.26 Å². The van der Waals surface area contributed by atoms with Gasteiger partial charge in [-0.15, -0.1) is 0 Å². The molecule has 18 heavy (non-hydrogen) atoms. The summed E-state index contributed by atoms with van der Waals surface area (Å²) in [4.78, 5) is 12.0. The van der Waals surface area contributed by atoms with Crippen LogP contribution in [0.2, 0.25) is 0 Å². The Bertz CT molecular complexity index is 583. The third-order valence-corrected chi connectivity index (χ3v) is 2.50. The number of carbonyl (C=O) groups is 1. The zero-order valence-electron chi connectivity index (χ0n) is 9.87. The molecule has 0 aliphatic heterocycles. The molecule has 0 aliphatic rings. The minimum atomic E-state index is -0.814. The number of aromatic nitrogens is 2. The van der Waals surface area contributed by atoms with E-state index in [0.29, 0.717) is 11.3 Å². The van der Waals surface area contributed by atoms with Gasteiger partial charge in [-0.25, -0.2) is 0 Å². The Labute approximate surface area is 105 Å². The molecule has 0 saturated heterocycles. The lowest BCUT2D eigenvalue weighted by atomic mass is 10.00. The van der Waals surface area contributed by atoms with Crippen LogP contribution in [0.1, 0.15) is 11.5 Å². The number of carbonyl (C=O) groups excluding carboxylic acids is 1. The molecule has 1 heterocycles. The molecular weight excluding hydrogens is 228 g/mol. The molecule has 1 amide bonds. The topological polar surface area (TPSA) is 70.7 Å². The van der Waals surface area contributed by atoms with Crippen molar-refractivity contribution in [2.24, 2.45) is 7.05 Å². The molecule has 90 valence electrons. The van der Waals surface area contributed by atoms with Crippen molar-refractivity contribution in [2.45, 2.75) is 5.92 Å². The van der Waals surface area contributed by atoms with Crippen LogP contribution in [-0.4, -0.2) is 15.7 Å². The lowest BCUT2D eigenvalue weighted by Crippen LogP contribution is -2.19. The quantitative estimate of drug-likeness (QED) is 0.887. The van der Waals surface area contributed by atoms with E-state index < -0.39 is 5.92 Å². The number of rotatable bonds is 3. The number of aryl methyl sites for hydroxylation is 1. The highest BCUT2D eigenvalue weighted by atomic mass is 16.1. The summed E-state index contributed by atoms with van der Waals surface area (Å²) < 4.78 is 1.58. The van der Waals surface area contributed by atoms with E-state index in [1.54, 1.807) is 42.2 Å². The summed E-state index contributed by atoms with van der Waals surface area (Å²) in [6.45, 7) is 0. The van der Waals surface area contributed by atoms with E-state index in [-0.39, 0.29) is 5.91 Å². The molecule has 0 bridgehead atoms. The second kappa shape index (κ2) is 5.15. The lowest BCUT2D eigenvalue weighted by molar-refractivity contribution is -0.116. The van der Waals surface area contributed by atoms with Crippen molar-refractivity contribution in [3.8, 4) is 6.07 Å². The largest absolute Gasteiger partial charge is 0.322 e. The normalized spacial score (nSPS) is 11.6. The van der Waals surface area contributed by atoms with Crippen molar-refractivity contribution < 1.29 is 4.79 Å². The summed E-state index contributed by atoms with van der Waals surface area (Å²) in [6, 6.07) is 11.0. The first kappa shape index (κ1) is 11.9. The highest BCUT2D eigenvalue weighted by Gasteiger charge is 2.20. The van der Waals surface area contributed by atoms with Crippen LogP contribution in [0.15, 0.2) is 42.7 Å². The summed E-state index contributed by atoms with van der Waals surface area (Å²) >= 11 is 0. The van der Waals surface area contributed by atoms with Gasteiger partial charge < -0.3 is 5.32 Å². The molecule has 0 saturated carbocycles. The Kier molecular flexibility index (Phi) is 3.39. The number of nitriles is 1. The number of anilines is 1. The summed E-state index contributed by atoms with van der Waals surface area (Å²) in [5.74, 6) is -1.16. The Morgan fingerprint density at radius 1 is 1.44 bits per heavy atom. The molecule has 0 spiro atoms. The van der Waals surface area contributed by atoms with Gasteiger partial charge in [-0.2, -0.15) is 10.4 Å². The SMILES string of the molecule is Cn1cc(NC(=O)C(C#N)c2ccccc2)cn1. The van der Waals surface area contributed by atoms with Gasteiger partial charge in [0.25, 0.3) is 0 Å². The molecule has 0 radical (unpaired) electrons. The van der Waals surface area contributed by atoms with Gasteiger partial charge >= 0.3 is 0 Å². The number of amides is 1. The fraction of sp³-hybridized carbons (Fsp3) is 0.154. The fourth-order valence-corrected chi connectivity index (χ4v) is 1.63. The second-order valence-corrected chi connectivity index (χ2v) is 3.86. The third-order valence-electron chi connectivity index (χ3n) is 2.50. The Morgan fingerprint density at radius 2 is 2.17 bits per heavy atom. The smallest absolute Gasteiger partial charge is 0.246 e. The summed E-state index contributed by atoms with van der Waals surface area (Å²) in [5.41, 5.74) is 1.26. The van der Waals surface area contributed by atoms with Gasteiger partial charge in [0.1, 0.15) is 0 Å². The van der Waals surface area contributed by atoms with Gasteiger partial charge in [0, 0.05) is 13.2 Å². The fourth-order valence-electron chi connectivity index (χ4n) is 1.63. The molecule has 1 atom stereocenters. The molecule has 0 fully saturated rings. The predicted molar refractivity (Wildman–Crippen MR) is 66.6 cm³/mol. The minimum Gasteiger partial charge on any atom is -0.322 e. The highest BCUT2D eigenvalue weighted by Crippen LogP contribution is 2.17. The Balaban J connectivity index is 2.15. The third kappa shape index (κ3) is 2.55. The van der Waals surface area contributed by atoms with Crippen molar-refractivity contribution in [3.05, 3.63) is 48.3 Å². The predicted octanol–water partition coefficient (Wildman–Crippen LogP) is 1.67. The van der Waals surface area contributed by atoms with Gasteiger partial charge in [-0.1, -0.05) is 30.3 Å². The number of benzene rings is 1. The Hall–Kier alpha value is -2.61. The molecule has 2 aromatic rings. The maximum Gasteiger partial charge on any atom is 0.246 e. The van der Waals surface area contributed by atoms with Gasteiger partial charge in [0.05, 0.1) is 18.0 Å². The zero-order valence-corrected chi connectivity index (χ0v) is 9.87. The standard InChI is InChI=1S/C13H12N4O/c1-17-9-11(8-15-17)16-13(18)12(7-14)10-5-3-2-4-6-10/h2-6,8-9,12H,1H3,(H,16,18). The molecule has 2 rings (SSSR count). The molecule has 1 N–H and O–H groups in total. The molecule has 1 aromatic heterocycles. The number of hydrogen-bond acceptors (Lipinski definition) is 3. The maximum atomic E-state index is 12.0. The van der Waals surface area contributed by atoms with E-state index in [2.05, 4.69) is 10.4 Å². The summed E-state index contributed by atoms with van der Waals surface area (Å²) in [5, 5.41) is 15.7. The molecule has 1 unspecified atom stereocenters. The van der Waals surface area contributed by atoms with Gasteiger partial charge in [0.2, 0.25) is 5.91 Å². The number of nitrogens with one attached hydrogen (secondary N) is 1. The minimum absolute atomic E-state index is 0.350. The van der Waals surface area contributed by atoms with Crippen LogP contribution in [0.4, 0.5) is 5.69 Å². The van der Waals surface area contributed by atoms with Crippen molar-refractivity contribution >= 4 is 11.6 Å². The molecule has 5 heteroatoms. The number of nitrogens with zero attached hydrogens (tertiary/aromatic N) is 3. The van der Waals surface area contributed by atoms with Crippen LogP contribution in [0.25, 0.3) is 0 Å². The van der Waals surface area contributed by atoms with Gasteiger partial charge in [-0.3, -0.25) is 9.48 Å². The lowest BCUT2D eigenvalue weighted by Gasteiger charge is -2.08. The van der Waals surface area contributed by atoms with Crippen LogP contribution >= 0.6 is 0 Å². The monoisotopic (exact) mass is 240 g/mol. The van der Waals surface area contributed by atoms with E-state index in [0.717, 1.165) is 0 Å². The van der Waals surface area contributed by atoms with Crippen LogP contribution in [-0.2, 0) is 11.8 Å². The summed E-state index contributed by atoms with van der Waals surface area (Å²) in [6.07, 6.45) is 3.22. The maximum absolute atomic E-state index is 12.0. The average Bonchev–Trinajstić information content (AvgIpc) is 2.77. The number of hydrogen-bond donors (Lipinski definition) is 1. The van der Waals surface area contributed by atoms with Crippen molar-refractivity contribution in [3.63, 3.8) is 0 Å². The first-order valence-corrected chi connectivity index (χ1v) is 5.45. The Morgan fingerprint density at radius 3 is 2.72 bits per heavy atom. The molecule has 1 aromatic carbocycles. The first-order chi connectivity index (χ1) is 8.70. The van der Waals surface area contributed by atoms with Crippen LogP contribution in [0.3, 0.4) is 0 Å².